The second-order valence-electron chi connectivity index (χ2n) is 11.8. The Morgan fingerprint density at radius 1 is 0.405 bits per heavy atom. The van der Waals surface area contributed by atoms with Crippen molar-refractivity contribution in [2.24, 2.45) is 0 Å². The van der Waals surface area contributed by atoms with E-state index in [0.29, 0.717) is 0 Å². The molecule has 0 amide bonds. The molecule has 0 aliphatic rings. The standard InChI is InChI=1S/C35H65N2/c1-4-6-8-10-12-14-16-18-20-22-24-26-28-30-34-32-35(37-33(3)36-34)31-29-27-25-23-21-19-17-15-13-11-9-7-5-2/h32H,3-31H2,1-2H3. The van der Waals surface area contributed by atoms with Gasteiger partial charge in [0.05, 0.1) is 0 Å². The molecular weight excluding hydrogens is 448 g/mol. The van der Waals surface area contributed by atoms with E-state index in [-0.39, 0.29) is 0 Å². The van der Waals surface area contributed by atoms with Crippen molar-refractivity contribution < 1.29 is 0 Å². The maximum atomic E-state index is 4.62. The van der Waals surface area contributed by atoms with Crippen LogP contribution in [0.25, 0.3) is 0 Å². The van der Waals surface area contributed by atoms with Gasteiger partial charge in [0.15, 0.2) is 0 Å². The Labute approximate surface area is 233 Å². The first-order chi connectivity index (χ1) is 18.3. The summed E-state index contributed by atoms with van der Waals surface area (Å²) >= 11 is 0. The van der Waals surface area contributed by atoms with Gasteiger partial charge in [-0.15, -0.1) is 0 Å². The van der Waals surface area contributed by atoms with E-state index in [9.17, 15) is 0 Å². The highest BCUT2D eigenvalue weighted by atomic mass is 14.9. The zero-order valence-electron chi connectivity index (χ0n) is 25.5. The van der Waals surface area contributed by atoms with Crippen LogP contribution in [0.2, 0.25) is 0 Å². The Hall–Kier alpha value is -0.920. The third-order valence-electron chi connectivity index (χ3n) is 7.95. The SMILES string of the molecule is [CH2]c1nc(CCCCCCCCCCCCCCC)cc(CCCCCCCCCCCCCCC)n1. The van der Waals surface area contributed by atoms with Gasteiger partial charge in [-0.05, 0) is 31.7 Å². The first-order valence-corrected chi connectivity index (χ1v) is 16.9. The fraction of sp³-hybridized carbons (Fsp3) is 0.857. The molecule has 0 spiro atoms. The van der Waals surface area contributed by atoms with Crippen LogP contribution >= 0.6 is 0 Å². The molecule has 37 heavy (non-hydrogen) atoms. The minimum atomic E-state index is 0.719. The molecule has 1 heterocycles. The van der Waals surface area contributed by atoms with Gasteiger partial charge in [-0.1, -0.05) is 168 Å². The fourth-order valence-corrected chi connectivity index (χ4v) is 5.52. The molecule has 0 N–H and O–H groups in total. The lowest BCUT2D eigenvalue weighted by Crippen LogP contribution is -2.01. The molecular formula is C35H65N2. The van der Waals surface area contributed by atoms with Crippen molar-refractivity contribution in [1.82, 2.24) is 9.97 Å². The number of hydrogen-bond acceptors (Lipinski definition) is 2. The van der Waals surface area contributed by atoms with Crippen LogP contribution in [0.15, 0.2) is 6.07 Å². The van der Waals surface area contributed by atoms with E-state index in [0.717, 1.165) is 18.7 Å². The van der Waals surface area contributed by atoms with Crippen molar-refractivity contribution in [3.05, 3.63) is 30.2 Å². The Kier molecular flexibility index (Phi) is 24.6. The number of aryl methyl sites for hydroxylation is 2. The van der Waals surface area contributed by atoms with E-state index in [1.807, 2.05) is 0 Å². The Morgan fingerprint density at radius 2 is 0.649 bits per heavy atom. The van der Waals surface area contributed by atoms with Gasteiger partial charge in [-0.3, -0.25) is 0 Å². The van der Waals surface area contributed by atoms with E-state index in [1.165, 1.54) is 178 Å². The second-order valence-corrected chi connectivity index (χ2v) is 11.8. The van der Waals surface area contributed by atoms with Crippen LogP contribution in [0, 0.1) is 6.92 Å². The highest BCUT2D eigenvalue weighted by Crippen LogP contribution is 2.16. The van der Waals surface area contributed by atoms with E-state index < -0.39 is 0 Å². The Balaban J connectivity index is 1.97. The van der Waals surface area contributed by atoms with Gasteiger partial charge in [0.2, 0.25) is 0 Å². The molecule has 1 rings (SSSR count). The first kappa shape index (κ1) is 34.1. The van der Waals surface area contributed by atoms with Gasteiger partial charge in [-0.25, -0.2) is 9.97 Å². The van der Waals surface area contributed by atoms with Crippen molar-refractivity contribution in [2.45, 2.75) is 194 Å². The summed E-state index contributed by atoms with van der Waals surface area (Å²) in [5.41, 5.74) is 2.43. The summed E-state index contributed by atoms with van der Waals surface area (Å²) in [4.78, 5) is 9.24. The summed E-state index contributed by atoms with van der Waals surface area (Å²) < 4.78 is 0. The maximum Gasteiger partial charge on any atom is 0.129 e. The molecule has 1 aromatic rings. The van der Waals surface area contributed by atoms with E-state index >= 15 is 0 Å². The fourth-order valence-electron chi connectivity index (χ4n) is 5.52. The summed E-state index contributed by atoms with van der Waals surface area (Å²) in [6.45, 7) is 8.64. The van der Waals surface area contributed by atoms with Crippen molar-refractivity contribution in [3.8, 4) is 0 Å². The summed E-state index contributed by atoms with van der Waals surface area (Å²) in [7, 11) is 0. The van der Waals surface area contributed by atoms with Gasteiger partial charge in [0, 0.05) is 18.3 Å². The number of rotatable bonds is 28. The van der Waals surface area contributed by atoms with Crippen LogP contribution in [-0.2, 0) is 12.8 Å². The van der Waals surface area contributed by atoms with Gasteiger partial charge in [0.1, 0.15) is 5.82 Å². The number of hydrogen-bond donors (Lipinski definition) is 0. The van der Waals surface area contributed by atoms with E-state index in [1.54, 1.807) is 0 Å². The predicted octanol–water partition coefficient (Wildman–Crippen LogP) is 11.9. The van der Waals surface area contributed by atoms with Crippen LogP contribution in [0.5, 0.6) is 0 Å². The summed E-state index contributed by atoms with van der Waals surface area (Å²) in [5.74, 6) is 0.719. The quantitative estimate of drug-likeness (QED) is 0.104. The van der Waals surface area contributed by atoms with Crippen molar-refractivity contribution >= 4 is 0 Å². The normalized spacial score (nSPS) is 11.4. The molecule has 0 aromatic carbocycles. The van der Waals surface area contributed by atoms with Crippen molar-refractivity contribution in [3.63, 3.8) is 0 Å². The zero-order chi connectivity index (χ0) is 26.7. The third-order valence-corrected chi connectivity index (χ3v) is 7.95. The topological polar surface area (TPSA) is 25.8 Å². The molecule has 1 aromatic heterocycles. The van der Waals surface area contributed by atoms with Crippen molar-refractivity contribution in [2.75, 3.05) is 0 Å². The lowest BCUT2D eigenvalue weighted by molar-refractivity contribution is 0.538. The van der Waals surface area contributed by atoms with Crippen LogP contribution in [0.1, 0.15) is 198 Å². The maximum absolute atomic E-state index is 4.62. The minimum absolute atomic E-state index is 0.719. The van der Waals surface area contributed by atoms with Crippen LogP contribution < -0.4 is 0 Å². The molecule has 0 aliphatic heterocycles. The molecule has 0 bridgehead atoms. The zero-order valence-corrected chi connectivity index (χ0v) is 25.5. The lowest BCUT2D eigenvalue weighted by Gasteiger charge is -2.07. The van der Waals surface area contributed by atoms with Crippen molar-refractivity contribution in [1.29, 1.82) is 0 Å². The van der Waals surface area contributed by atoms with E-state index in [4.69, 9.17) is 0 Å². The molecule has 0 fully saturated rings. The van der Waals surface area contributed by atoms with Gasteiger partial charge >= 0.3 is 0 Å². The van der Waals surface area contributed by atoms with Crippen LogP contribution in [0.4, 0.5) is 0 Å². The van der Waals surface area contributed by atoms with E-state index in [2.05, 4.69) is 36.8 Å². The highest BCUT2D eigenvalue weighted by Gasteiger charge is 2.03. The summed E-state index contributed by atoms with van der Waals surface area (Å²) in [6, 6.07) is 2.26. The molecule has 0 aliphatic carbocycles. The smallest absolute Gasteiger partial charge is 0.129 e. The lowest BCUT2D eigenvalue weighted by atomic mass is 10.0. The second kappa shape index (κ2) is 26.7. The molecule has 1 radical (unpaired) electrons. The molecule has 2 nitrogen and oxygen atoms in total. The van der Waals surface area contributed by atoms with Crippen LogP contribution in [-0.4, -0.2) is 9.97 Å². The third kappa shape index (κ3) is 22.7. The number of aromatic nitrogens is 2. The van der Waals surface area contributed by atoms with Gasteiger partial charge in [0.25, 0.3) is 0 Å². The molecule has 215 valence electrons. The molecule has 2 heteroatoms. The molecule has 0 saturated heterocycles. The molecule has 0 saturated carbocycles. The Bertz CT molecular complexity index is 549. The molecule has 0 unspecified atom stereocenters. The first-order valence-electron chi connectivity index (χ1n) is 16.9. The van der Waals surface area contributed by atoms with Crippen LogP contribution in [0.3, 0.4) is 0 Å². The van der Waals surface area contributed by atoms with Gasteiger partial charge < -0.3 is 0 Å². The number of nitrogens with zero attached hydrogens (tertiary/aromatic N) is 2. The Morgan fingerprint density at radius 3 is 0.919 bits per heavy atom. The monoisotopic (exact) mass is 514 g/mol. The highest BCUT2D eigenvalue weighted by molar-refractivity contribution is 5.13. The predicted molar refractivity (Wildman–Crippen MR) is 165 cm³/mol. The number of unbranched alkanes of at least 4 members (excludes halogenated alkanes) is 24. The minimum Gasteiger partial charge on any atom is -0.238 e. The largest absolute Gasteiger partial charge is 0.238 e. The summed E-state index contributed by atoms with van der Waals surface area (Å²) in [5, 5.41) is 0. The van der Waals surface area contributed by atoms with Gasteiger partial charge in [-0.2, -0.15) is 0 Å². The average Bonchev–Trinajstić information content (AvgIpc) is 2.89. The summed E-state index contributed by atoms with van der Waals surface area (Å²) in [6.07, 6.45) is 38.7. The molecule has 0 atom stereocenters. The average molecular weight is 514 g/mol.